The molecule has 0 radical (unpaired) electrons. The number of hydrogen-bond donors (Lipinski definition) is 1. The van der Waals surface area contributed by atoms with Crippen LogP contribution in [0.2, 0.25) is 0 Å². The summed E-state index contributed by atoms with van der Waals surface area (Å²) >= 11 is 0. The highest BCUT2D eigenvalue weighted by Gasteiger charge is 2.35. The van der Waals surface area contributed by atoms with E-state index in [0.717, 1.165) is 0 Å². The van der Waals surface area contributed by atoms with Crippen molar-refractivity contribution in [2.45, 2.75) is 57.9 Å². The van der Waals surface area contributed by atoms with Crippen LogP contribution < -0.4 is 5.32 Å². The summed E-state index contributed by atoms with van der Waals surface area (Å²) in [6, 6.07) is 0. The van der Waals surface area contributed by atoms with Gasteiger partial charge >= 0.3 is 12.3 Å². The normalized spacial score (nSPS) is 15.7. The standard InChI is InChI=1S/C11H18F3NO3/c1-9(2,3)18-8(17)15-10(4,7-16)5-6-11(12,13)14/h7H,5-6H2,1-4H3,(H,15,17). The molecule has 0 aliphatic heterocycles. The third-order valence-corrected chi connectivity index (χ3v) is 1.97. The number of alkyl halides is 3. The Morgan fingerprint density at radius 1 is 1.17 bits per heavy atom. The summed E-state index contributed by atoms with van der Waals surface area (Å²) in [5, 5.41) is 2.14. The lowest BCUT2D eigenvalue weighted by atomic mass is 9.98. The molecule has 1 unspecified atom stereocenters. The van der Waals surface area contributed by atoms with Crippen LogP contribution in [0.5, 0.6) is 0 Å². The molecule has 1 amide bonds. The predicted molar refractivity (Wildman–Crippen MR) is 59.1 cm³/mol. The Hall–Kier alpha value is -1.27. The highest BCUT2D eigenvalue weighted by atomic mass is 19.4. The van der Waals surface area contributed by atoms with E-state index in [2.05, 4.69) is 5.32 Å². The minimum Gasteiger partial charge on any atom is -0.444 e. The number of aldehydes is 1. The smallest absolute Gasteiger partial charge is 0.408 e. The van der Waals surface area contributed by atoms with Crippen LogP contribution in [0.3, 0.4) is 0 Å². The highest BCUT2D eigenvalue weighted by Crippen LogP contribution is 2.25. The van der Waals surface area contributed by atoms with Crippen molar-refractivity contribution in [1.82, 2.24) is 5.32 Å². The van der Waals surface area contributed by atoms with Crippen molar-refractivity contribution >= 4 is 12.4 Å². The molecule has 0 aromatic heterocycles. The van der Waals surface area contributed by atoms with E-state index in [0.29, 0.717) is 0 Å². The van der Waals surface area contributed by atoms with Crippen LogP contribution in [0.15, 0.2) is 0 Å². The summed E-state index contributed by atoms with van der Waals surface area (Å²) in [7, 11) is 0. The Balaban J connectivity index is 4.48. The fourth-order valence-electron chi connectivity index (χ4n) is 1.09. The molecule has 0 aliphatic rings. The Labute approximate surface area is 104 Å². The van der Waals surface area contributed by atoms with Crippen molar-refractivity contribution in [2.24, 2.45) is 0 Å². The van der Waals surface area contributed by atoms with Crippen LogP contribution in [0.1, 0.15) is 40.5 Å². The zero-order valence-electron chi connectivity index (χ0n) is 10.9. The molecule has 0 aliphatic carbocycles. The minimum atomic E-state index is -4.38. The van der Waals surface area contributed by atoms with E-state index in [9.17, 15) is 22.8 Å². The van der Waals surface area contributed by atoms with Crippen LogP contribution >= 0.6 is 0 Å². The molecule has 0 bridgehead atoms. The second-order valence-electron chi connectivity index (χ2n) is 5.28. The van der Waals surface area contributed by atoms with Gasteiger partial charge in [0.15, 0.2) is 0 Å². The maximum absolute atomic E-state index is 12.1. The number of amides is 1. The van der Waals surface area contributed by atoms with Crippen molar-refractivity contribution in [3.63, 3.8) is 0 Å². The van der Waals surface area contributed by atoms with E-state index >= 15 is 0 Å². The number of rotatable bonds is 4. The number of carbonyl (C=O) groups is 2. The zero-order valence-corrected chi connectivity index (χ0v) is 10.9. The summed E-state index contributed by atoms with van der Waals surface area (Å²) in [6.07, 6.45) is -6.70. The minimum absolute atomic E-state index is 0.280. The van der Waals surface area contributed by atoms with Gasteiger partial charge in [0.25, 0.3) is 0 Å². The molecule has 7 heteroatoms. The van der Waals surface area contributed by atoms with Crippen LogP contribution in [0.25, 0.3) is 0 Å². The van der Waals surface area contributed by atoms with Crippen molar-refractivity contribution in [1.29, 1.82) is 0 Å². The summed E-state index contributed by atoms with van der Waals surface area (Å²) < 4.78 is 41.1. The summed E-state index contributed by atoms with van der Waals surface area (Å²) in [4.78, 5) is 22.2. The lowest BCUT2D eigenvalue weighted by molar-refractivity contribution is -0.140. The molecule has 0 saturated carbocycles. The summed E-state index contributed by atoms with van der Waals surface area (Å²) in [5.41, 5.74) is -2.37. The molecule has 0 saturated heterocycles. The van der Waals surface area contributed by atoms with Gasteiger partial charge in [0.05, 0.1) is 5.54 Å². The quantitative estimate of drug-likeness (QED) is 0.798. The van der Waals surface area contributed by atoms with E-state index in [-0.39, 0.29) is 6.29 Å². The van der Waals surface area contributed by atoms with Crippen LogP contribution in [0, 0.1) is 0 Å². The molecule has 0 aromatic carbocycles. The van der Waals surface area contributed by atoms with Crippen LogP contribution in [-0.4, -0.2) is 29.7 Å². The van der Waals surface area contributed by atoms with Gasteiger partial charge < -0.3 is 14.8 Å². The molecule has 0 fully saturated rings. The average molecular weight is 269 g/mol. The molecular weight excluding hydrogens is 251 g/mol. The fourth-order valence-corrected chi connectivity index (χ4v) is 1.09. The Bertz CT molecular complexity index is 310. The molecule has 0 aromatic rings. The number of carbonyl (C=O) groups excluding carboxylic acids is 2. The van der Waals surface area contributed by atoms with Gasteiger partial charge in [-0.15, -0.1) is 0 Å². The first kappa shape index (κ1) is 16.7. The van der Waals surface area contributed by atoms with Gasteiger partial charge in [0, 0.05) is 6.42 Å². The van der Waals surface area contributed by atoms with Crippen molar-refractivity contribution in [3.05, 3.63) is 0 Å². The molecule has 4 nitrogen and oxygen atoms in total. The fraction of sp³-hybridized carbons (Fsp3) is 0.818. The van der Waals surface area contributed by atoms with Crippen molar-refractivity contribution in [2.75, 3.05) is 0 Å². The third-order valence-electron chi connectivity index (χ3n) is 1.97. The second kappa shape index (κ2) is 5.58. The highest BCUT2D eigenvalue weighted by molar-refractivity contribution is 5.76. The van der Waals surface area contributed by atoms with E-state index in [4.69, 9.17) is 4.74 Å². The van der Waals surface area contributed by atoms with E-state index in [1.807, 2.05) is 0 Å². The number of ether oxygens (including phenoxy) is 1. The lowest BCUT2D eigenvalue weighted by Crippen LogP contribution is -2.49. The number of nitrogens with one attached hydrogen (secondary N) is 1. The van der Waals surface area contributed by atoms with Crippen LogP contribution in [0.4, 0.5) is 18.0 Å². The molecule has 0 spiro atoms. The molecular formula is C11H18F3NO3. The molecule has 106 valence electrons. The van der Waals surface area contributed by atoms with Gasteiger partial charge in [0.2, 0.25) is 0 Å². The van der Waals surface area contributed by atoms with Gasteiger partial charge in [-0.05, 0) is 34.1 Å². The molecule has 1 atom stereocenters. The average Bonchev–Trinajstić information content (AvgIpc) is 2.10. The second-order valence-corrected chi connectivity index (χ2v) is 5.28. The first-order valence-electron chi connectivity index (χ1n) is 5.41. The van der Waals surface area contributed by atoms with E-state index in [1.165, 1.54) is 6.92 Å². The maximum atomic E-state index is 12.1. The molecule has 18 heavy (non-hydrogen) atoms. The Morgan fingerprint density at radius 2 is 1.67 bits per heavy atom. The summed E-state index contributed by atoms with van der Waals surface area (Å²) in [6.45, 7) is 6.05. The van der Waals surface area contributed by atoms with Crippen LogP contribution in [-0.2, 0) is 9.53 Å². The van der Waals surface area contributed by atoms with Crippen molar-refractivity contribution < 1.29 is 27.5 Å². The Kier molecular flexibility index (Phi) is 5.19. The van der Waals surface area contributed by atoms with Gasteiger partial charge in [-0.3, -0.25) is 0 Å². The van der Waals surface area contributed by atoms with Gasteiger partial charge in [-0.2, -0.15) is 13.2 Å². The zero-order chi connectivity index (χ0) is 14.6. The number of hydrogen-bond acceptors (Lipinski definition) is 3. The molecule has 1 N–H and O–H groups in total. The van der Waals surface area contributed by atoms with Crippen molar-refractivity contribution in [3.8, 4) is 0 Å². The van der Waals surface area contributed by atoms with Gasteiger partial charge in [-0.1, -0.05) is 0 Å². The molecule has 0 rings (SSSR count). The number of halogens is 3. The SMILES string of the molecule is CC(C=O)(CCC(F)(F)F)NC(=O)OC(C)(C)C. The number of alkyl carbamates (subject to hydrolysis) is 1. The lowest BCUT2D eigenvalue weighted by Gasteiger charge is -2.27. The third kappa shape index (κ3) is 7.92. The summed E-state index contributed by atoms with van der Waals surface area (Å²) in [5.74, 6) is 0. The predicted octanol–water partition coefficient (Wildman–Crippen LogP) is 2.81. The topological polar surface area (TPSA) is 55.4 Å². The first-order chi connectivity index (χ1) is 7.87. The maximum Gasteiger partial charge on any atom is 0.408 e. The first-order valence-corrected chi connectivity index (χ1v) is 5.41. The molecule has 0 heterocycles. The van der Waals surface area contributed by atoms with E-state index < -0.39 is 36.3 Å². The monoisotopic (exact) mass is 269 g/mol. The Morgan fingerprint density at radius 3 is 2.00 bits per heavy atom. The van der Waals surface area contributed by atoms with Gasteiger partial charge in [-0.25, -0.2) is 4.79 Å². The largest absolute Gasteiger partial charge is 0.444 e. The van der Waals surface area contributed by atoms with E-state index in [1.54, 1.807) is 20.8 Å². The van der Waals surface area contributed by atoms with Gasteiger partial charge in [0.1, 0.15) is 11.9 Å².